The van der Waals surface area contributed by atoms with E-state index in [1.54, 1.807) is 48.5 Å². The number of amides is 4. The maximum atomic E-state index is 12.0. The molecule has 2 aromatic carbocycles. The van der Waals surface area contributed by atoms with Crippen LogP contribution in [0.1, 0.15) is 24.2 Å². The van der Waals surface area contributed by atoms with E-state index in [0.29, 0.717) is 22.6 Å². The highest BCUT2D eigenvalue weighted by Crippen LogP contribution is 2.15. The molecular weight excluding hydrogens is 346 g/mol. The second-order valence-electron chi connectivity index (χ2n) is 6.18. The van der Waals surface area contributed by atoms with Crippen LogP contribution in [0, 0.1) is 0 Å². The van der Waals surface area contributed by atoms with E-state index in [2.05, 4.69) is 21.3 Å². The lowest BCUT2D eigenvalue weighted by Gasteiger charge is -2.12. The van der Waals surface area contributed by atoms with Crippen LogP contribution in [0.2, 0.25) is 0 Å². The van der Waals surface area contributed by atoms with E-state index in [4.69, 9.17) is 5.73 Å². The summed E-state index contributed by atoms with van der Waals surface area (Å²) in [6, 6.07) is 13.1. The first kappa shape index (κ1) is 19.8. The molecule has 0 saturated carbocycles. The fourth-order valence-corrected chi connectivity index (χ4v) is 2.24. The quantitative estimate of drug-likeness (QED) is 0.514. The zero-order chi connectivity index (χ0) is 19.8. The Labute approximate surface area is 157 Å². The third-order valence-electron chi connectivity index (χ3n) is 3.45. The molecule has 142 valence electrons. The summed E-state index contributed by atoms with van der Waals surface area (Å²) in [6.07, 6.45) is 0. The summed E-state index contributed by atoms with van der Waals surface area (Å²) in [6.45, 7) is 3.79. The van der Waals surface area contributed by atoms with Gasteiger partial charge in [-0.25, -0.2) is 4.79 Å². The monoisotopic (exact) mass is 369 g/mol. The van der Waals surface area contributed by atoms with Crippen molar-refractivity contribution in [1.29, 1.82) is 0 Å². The molecule has 0 bridgehead atoms. The van der Waals surface area contributed by atoms with Gasteiger partial charge in [0.2, 0.25) is 11.8 Å². The average molecular weight is 369 g/mol. The Balaban J connectivity index is 1.86. The molecular formula is C19H23N5O3. The Morgan fingerprint density at radius 1 is 0.926 bits per heavy atom. The molecule has 0 aliphatic carbocycles. The van der Waals surface area contributed by atoms with Crippen LogP contribution in [-0.4, -0.2) is 30.4 Å². The van der Waals surface area contributed by atoms with E-state index in [9.17, 15) is 14.4 Å². The number of rotatable bonds is 7. The molecule has 0 spiro atoms. The van der Waals surface area contributed by atoms with Crippen molar-refractivity contribution in [3.8, 4) is 0 Å². The van der Waals surface area contributed by atoms with Crippen LogP contribution < -0.4 is 27.0 Å². The van der Waals surface area contributed by atoms with Crippen LogP contribution >= 0.6 is 0 Å². The zero-order valence-electron chi connectivity index (χ0n) is 15.2. The number of urea groups is 1. The van der Waals surface area contributed by atoms with Crippen molar-refractivity contribution in [1.82, 2.24) is 5.32 Å². The Morgan fingerprint density at radius 2 is 1.59 bits per heavy atom. The van der Waals surface area contributed by atoms with Gasteiger partial charge in [-0.05, 0) is 56.3 Å². The van der Waals surface area contributed by atoms with E-state index < -0.39 is 5.91 Å². The number of hydrogen-bond acceptors (Lipinski definition) is 4. The fraction of sp³-hybridized carbons (Fsp3) is 0.211. The molecule has 0 aliphatic rings. The van der Waals surface area contributed by atoms with Gasteiger partial charge in [-0.2, -0.15) is 0 Å². The lowest BCUT2D eigenvalue weighted by atomic mass is 10.2. The SMILES string of the molecule is CC(C)NC(=O)Nc1cccc(NCC(=O)Nc2ccc(C(N)=O)cc2)c1. The normalized spacial score (nSPS) is 10.2. The first-order valence-electron chi connectivity index (χ1n) is 8.44. The molecule has 0 atom stereocenters. The summed E-state index contributed by atoms with van der Waals surface area (Å²) < 4.78 is 0. The second kappa shape index (κ2) is 9.23. The lowest BCUT2D eigenvalue weighted by Crippen LogP contribution is -2.34. The van der Waals surface area contributed by atoms with Crippen LogP contribution in [0.4, 0.5) is 21.9 Å². The summed E-state index contributed by atoms with van der Waals surface area (Å²) in [7, 11) is 0. The van der Waals surface area contributed by atoms with Crippen molar-refractivity contribution >= 4 is 34.9 Å². The highest BCUT2D eigenvalue weighted by atomic mass is 16.2. The minimum absolute atomic E-state index is 0.0343. The molecule has 8 nitrogen and oxygen atoms in total. The maximum Gasteiger partial charge on any atom is 0.319 e. The van der Waals surface area contributed by atoms with E-state index in [1.165, 1.54) is 0 Å². The number of anilines is 3. The van der Waals surface area contributed by atoms with Gasteiger partial charge in [0.25, 0.3) is 0 Å². The molecule has 0 aliphatic heterocycles. The molecule has 0 unspecified atom stereocenters. The maximum absolute atomic E-state index is 12.0. The second-order valence-corrected chi connectivity index (χ2v) is 6.18. The van der Waals surface area contributed by atoms with Gasteiger partial charge < -0.3 is 27.0 Å². The number of benzene rings is 2. The van der Waals surface area contributed by atoms with Crippen LogP contribution in [0.5, 0.6) is 0 Å². The van der Waals surface area contributed by atoms with Crippen molar-refractivity contribution in [2.75, 3.05) is 22.5 Å². The predicted octanol–water partition coefficient (Wildman–Crippen LogP) is 2.37. The third-order valence-corrected chi connectivity index (χ3v) is 3.45. The number of nitrogens with one attached hydrogen (secondary N) is 4. The first-order chi connectivity index (χ1) is 12.8. The molecule has 8 heteroatoms. The highest BCUT2D eigenvalue weighted by Gasteiger charge is 2.06. The Kier molecular flexibility index (Phi) is 6.76. The van der Waals surface area contributed by atoms with Gasteiger partial charge in [0.1, 0.15) is 0 Å². The van der Waals surface area contributed by atoms with E-state index in [1.807, 2.05) is 13.8 Å². The van der Waals surface area contributed by atoms with Gasteiger partial charge >= 0.3 is 6.03 Å². The summed E-state index contributed by atoms with van der Waals surface area (Å²) in [4.78, 5) is 34.8. The minimum atomic E-state index is -0.523. The van der Waals surface area contributed by atoms with E-state index in [-0.39, 0.29) is 24.5 Å². The van der Waals surface area contributed by atoms with E-state index >= 15 is 0 Å². The molecule has 4 amide bonds. The van der Waals surface area contributed by atoms with Crippen molar-refractivity contribution in [2.45, 2.75) is 19.9 Å². The standard InChI is InChI=1S/C19H23N5O3/c1-12(2)22-19(27)24-16-5-3-4-15(10-16)21-11-17(25)23-14-8-6-13(7-9-14)18(20)26/h3-10,12,21H,11H2,1-2H3,(H2,20,26)(H,23,25)(H2,22,24,27). The fourth-order valence-electron chi connectivity index (χ4n) is 2.24. The molecule has 0 fully saturated rings. The van der Waals surface area contributed by atoms with Gasteiger partial charge in [-0.1, -0.05) is 6.07 Å². The minimum Gasteiger partial charge on any atom is -0.376 e. The van der Waals surface area contributed by atoms with E-state index in [0.717, 1.165) is 0 Å². The molecule has 6 N–H and O–H groups in total. The zero-order valence-corrected chi connectivity index (χ0v) is 15.2. The largest absolute Gasteiger partial charge is 0.376 e. The molecule has 0 radical (unpaired) electrons. The summed E-state index contributed by atoms with van der Waals surface area (Å²) in [5, 5.41) is 11.2. The number of primary amides is 1. The topological polar surface area (TPSA) is 125 Å². The number of hydrogen-bond donors (Lipinski definition) is 5. The van der Waals surface area contributed by atoms with Crippen LogP contribution in [0.3, 0.4) is 0 Å². The van der Waals surface area contributed by atoms with Crippen LogP contribution in [0.15, 0.2) is 48.5 Å². The molecule has 27 heavy (non-hydrogen) atoms. The van der Waals surface area contributed by atoms with Gasteiger partial charge in [0, 0.05) is 28.7 Å². The van der Waals surface area contributed by atoms with Crippen molar-refractivity contribution < 1.29 is 14.4 Å². The Hall–Kier alpha value is -3.55. The van der Waals surface area contributed by atoms with Crippen LogP contribution in [0.25, 0.3) is 0 Å². The Bertz CT molecular complexity index is 818. The lowest BCUT2D eigenvalue weighted by molar-refractivity contribution is -0.114. The van der Waals surface area contributed by atoms with Gasteiger partial charge in [-0.15, -0.1) is 0 Å². The third kappa shape index (κ3) is 6.69. The Morgan fingerprint density at radius 3 is 2.22 bits per heavy atom. The number of carbonyl (C=O) groups excluding carboxylic acids is 3. The summed E-state index contributed by atoms with van der Waals surface area (Å²) in [5.41, 5.74) is 7.41. The number of carbonyl (C=O) groups is 3. The first-order valence-corrected chi connectivity index (χ1v) is 8.44. The number of nitrogens with two attached hydrogens (primary N) is 1. The molecule has 2 aromatic rings. The summed E-state index contributed by atoms with van der Waals surface area (Å²) in [5.74, 6) is -0.775. The predicted molar refractivity (Wildman–Crippen MR) is 106 cm³/mol. The van der Waals surface area contributed by atoms with Gasteiger partial charge in [0.05, 0.1) is 6.54 Å². The smallest absolute Gasteiger partial charge is 0.319 e. The molecule has 0 aromatic heterocycles. The molecule has 0 saturated heterocycles. The molecule has 0 heterocycles. The van der Waals surface area contributed by atoms with Crippen LogP contribution in [-0.2, 0) is 4.79 Å². The van der Waals surface area contributed by atoms with Gasteiger partial charge in [-0.3, -0.25) is 9.59 Å². The molecule has 2 rings (SSSR count). The van der Waals surface area contributed by atoms with Crippen molar-refractivity contribution in [3.05, 3.63) is 54.1 Å². The highest BCUT2D eigenvalue weighted by molar-refractivity contribution is 5.96. The average Bonchev–Trinajstić information content (AvgIpc) is 2.60. The summed E-state index contributed by atoms with van der Waals surface area (Å²) >= 11 is 0. The van der Waals surface area contributed by atoms with Crippen molar-refractivity contribution in [2.24, 2.45) is 5.73 Å². The van der Waals surface area contributed by atoms with Gasteiger partial charge in [0.15, 0.2) is 0 Å². The van der Waals surface area contributed by atoms with Crippen molar-refractivity contribution in [3.63, 3.8) is 0 Å².